The first-order valence-electron chi connectivity index (χ1n) is 8.53. The molecule has 3 heterocycles. The van der Waals surface area contributed by atoms with Crippen molar-refractivity contribution in [3.05, 3.63) is 46.5 Å². The van der Waals surface area contributed by atoms with Crippen LogP contribution in [0.15, 0.2) is 35.4 Å². The van der Waals surface area contributed by atoms with Crippen LogP contribution in [0.1, 0.15) is 48.9 Å². The summed E-state index contributed by atoms with van der Waals surface area (Å²) in [5, 5.41) is 0. The third-order valence-corrected chi connectivity index (χ3v) is 5.35. The van der Waals surface area contributed by atoms with Crippen LogP contribution in [-0.4, -0.2) is 32.8 Å². The summed E-state index contributed by atoms with van der Waals surface area (Å²) in [6, 6.07) is 5.69. The number of hydrogen-bond donors (Lipinski definition) is 0. The van der Waals surface area contributed by atoms with E-state index in [1.165, 1.54) is 36.3 Å². The molecule has 2 atom stereocenters. The molecule has 2 fully saturated rings. The molecule has 5 heteroatoms. The molecular formula is C18H21N3O2. The zero-order valence-electron chi connectivity index (χ0n) is 13.1. The molecule has 120 valence electrons. The summed E-state index contributed by atoms with van der Waals surface area (Å²) in [6.45, 7) is 0.761. The average molecular weight is 311 g/mol. The number of pyridine rings is 1. The van der Waals surface area contributed by atoms with E-state index in [1.807, 2.05) is 11.0 Å². The highest BCUT2D eigenvalue weighted by molar-refractivity contribution is 5.94. The highest BCUT2D eigenvalue weighted by Gasteiger charge is 2.36. The molecule has 1 saturated carbocycles. The van der Waals surface area contributed by atoms with E-state index in [4.69, 9.17) is 0 Å². The first-order valence-corrected chi connectivity index (χ1v) is 8.53. The highest BCUT2D eigenvalue weighted by Crippen LogP contribution is 2.35. The lowest BCUT2D eigenvalue weighted by atomic mass is 9.78. The largest absolute Gasteiger partial charge is 0.335 e. The molecule has 2 aromatic heterocycles. The number of rotatable bonds is 1. The SMILES string of the molecule is O=C(c1cnc2ccccn2c1=O)N1CCC[C@@H]2CCCC[C@H]21. The molecule has 0 spiro atoms. The maximum absolute atomic E-state index is 13.0. The van der Waals surface area contributed by atoms with Crippen molar-refractivity contribution in [1.82, 2.24) is 14.3 Å². The van der Waals surface area contributed by atoms with Crippen LogP contribution < -0.4 is 5.56 Å². The smallest absolute Gasteiger partial charge is 0.270 e. The van der Waals surface area contributed by atoms with Crippen molar-refractivity contribution in [1.29, 1.82) is 0 Å². The maximum Gasteiger partial charge on any atom is 0.270 e. The van der Waals surface area contributed by atoms with Gasteiger partial charge in [-0.15, -0.1) is 0 Å². The Hall–Kier alpha value is -2.17. The normalized spacial score (nSPS) is 24.4. The monoisotopic (exact) mass is 311 g/mol. The summed E-state index contributed by atoms with van der Waals surface area (Å²) in [7, 11) is 0. The third kappa shape index (κ3) is 2.44. The lowest BCUT2D eigenvalue weighted by molar-refractivity contribution is 0.0388. The molecule has 1 aliphatic heterocycles. The molecular weight excluding hydrogens is 290 g/mol. The van der Waals surface area contributed by atoms with Gasteiger partial charge in [0.15, 0.2) is 0 Å². The van der Waals surface area contributed by atoms with Crippen LogP contribution >= 0.6 is 0 Å². The summed E-state index contributed by atoms with van der Waals surface area (Å²) in [6.07, 6.45) is 10.1. The van der Waals surface area contributed by atoms with Crippen molar-refractivity contribution in [2.45, 2.75) is 44.6 Å². The number of carbonyl (C=O) groups excluding carboxylic acids is 1. The summed E-state index contributed by atoms with van der Waals surface area (Å²) < 4.78 is 1.45. The van der Waals surface area contributed by atoms with E-state index in [9.17, 15) is 9.59 Å². The third-order valence-electron chi connectivity index (χ3n) is 5.35. The van der Waals surface area contributed by atoms with E-state index in [0.717, 1.165) is 19.4 Å². The van der Waals surface area contributed by atoms with Gasteiger partial charge < -0.3 is 4.90 Å². The minimum absolute atomic E-state index is 0.141. The molecule has 0 unspecified atom stereocenters. The van der Waals surface area contributed by atoms with Gasteiger partial charge in [0.2, 0.25) is 0 Å². The van der Waals surface area contributed by atoms with E-state index in [2.05, 4.69) is 4.98 Å². The quantitative estimate of drug-likeness (QED) is 0.813. The lowest BCUT2D eigenvalue weighted by Crippen LogP contribution is -2.50. The van der Waals surface area contributed by atoms with Crippen molar-refractivity contribution in [3.63, 3.8) is 0 Å². The van der Waals surface area contributed by atoms with Gasteiger partial charge in [0.25, 0.3) is 11.5 Å². The van der Waals surface area contributed by atoms with Gasteiger partial charge in [0, 0.05) is 25.0 Å². The second-order valence-corrected chi connectivity index (χ2v) is 6.66. The van der Waals surface area contributed by atoms with Crippen molar-refractivity contribution in [2.75, 3.05) is 6.54 Å². The van der Waals surface area contributed by atoms with Crippen LogP contribution in [0.3, 0.4) is 0 Å². The average Bonchev–Trinajstić information content (AvgIpc) is 2.61. The zero-order valence-corrected chi connectivity index (χ0v) is 13.1. The Balaban J connectivity index is 1.71. The van der Waals surface area contributed by atoms with Crippen LogP contribution in [0, 0.1) is 5.92 Å². The van der Waals surface area contributed by atoms with Crippen molar-refractivity contribution in [3.8, 4) is 0 Å². The molecule has 2 aliphatic rings. The van der Waals surface area contributed by atoms with Gasteiger partial charge in [0.05, 0.1) is 0 Å². The Morgan fingerprint density at radius 2 is 1.96 bits per heavy atom. The van der Waals surface area contributed by atoms with E-state index < -0.39 is 0 Å². The van der Waals surface area contributed by atoms with Crippen LogP contribution in [0.5, 0.6) is 0 Å². The Bertz CT molecular complexity index is 796. The fourth-order valence-electron chi connectivity index (χ4n) is 4.21. The number of likely N-dealkylation sites (tertiary alicyclic amines) is 1. The van der Waals surface area contributed by atoms with Crippen LogP contribution in [0.4, 0.5) is 0 Å². The molecule has 0 N–H and O–H groups in total. The first-order chi connectivity index (χ1) is 11.3. The van der Waals surface area contributed by atoms with Gasteiger partial charge in [-0.2, -0.15) is 0 Å². The standard InChI is InChI=1S/C18H21N3O2/c22-17(20-11-5-7-13-6-1-2-8-15(13)20)14-12-19-16-9-3-4-10-21(16)18(14)23/h3-4,9-10,12-13,15H,1-2,5-8,11H2/t13-,15+/m0/s1. The lowest BCUT2D eigenvalue weighted by Gasteiger charge is -2.44. The summed E-state index contributed by atoms with van der Waals surface area (Å²) in [5.74, 6) is 0.468. The van der Waals surface area contributed by atoms with Gasteiger partial charge in [-0.05, 0) is 43.7 Å². The molecule has 23 heavy (non-hydrogen) atoms. The van der Waals surface area contributed by atoms with Gasteiger partial charge >= 0.3 is 0 Å². The Kier molecular flexibility index (Phi) is 3.63. The molecule has 1 amide bonds. The molecule has 0 aromatic carbocycles. The van der Waals surface area contributed by atoms with Crippen LogP contribution in [0.2, 0.25) is 0 Å². The second kappa shape index (κ2) is 5.80. The fraction of sp³-hybridized carbons (Fsp3) is 0.500. The topological polar surface area (TPSA) is 54.7 Å². The zero-order chi connectivity index (χ0) is 15.8. The molecule has 2 aromatic rings. The van der Waals surface area contributed by atoms with Crippen molar-refractivity contribution < 1.29 is 4.79 Å². The molecule has 1 aliphatic carbocycles. The molecule has 0 radical (unpaired) electrons. The second-order valence-electron chi connectivity index (χ2n) is 6.66. The van der Waals surface area contributed by atoms with Gasteiger partial charge in [-0.25, -0.2) is 4.98 Å². The minimum Gasteiger partial charge on any atom is -0.335 e. The maximum atomic E-state index is 13.0. The predicted octanol–water partition coefficient (Wildman–Crippen LogP) is 2.49. The van der Waals surface area contributed by atoms with E-state index in [0.29, 0.717) is 17.6 Å². The Morgan fingerprint density at radius 3 is 2.87 bits per heavy atom. The number of carbonyl (C=O) groups is 1. The van der Waals surface area contributed by atoms with Crippen molar-refractivity contribution >= 4 is 11.6 Å². The summed E-state index contributed by atoms with van der Waals surface area (Å²) in [5.41, 5.74) is 0.502. The summed E-state index contributed by atoms with van der Waals surface area (Å²) >= 11 is 0. The number of hydrogen-bond acceptors (Lipinski definition) is 3. The van der Waals surface area contributed by atoms with E-state index >= 15 is 0 Å². The Morgan fingerprint density at radius 1 is 1.13 bits per heavy atom. The minimum atomic E-state index is -0.265. The van der Waals surface area contributed by atoms with E-state index in [1.54, 1.807) is 18.3 Å². The van der Waals surface area contributed by atoms with Crippen LogP contribution in [0.25, 0.3) is 5.65 Å². The Labute approximate surface area is 135 Å². The van der Waals surface area contributed by atoms with Crippen molar-refractivity contribution in [2.24, 2.45) is 5.92 Å². The van der Waals surface area contributed by atoms with Crippen LogP contribution in [-0.2, 0) is 0 Å². The van der Waals surface area contributed by atoms with Gasteiger partial charge in [-0.3, -0.25) is 14.0 Å². The highest BCUT2D eigenvalue weighted by atomic mass is 16.2. The first kappa shape index (κ1) is 14.4. The number of piperidine rings is 1. The predicted molar refractivity (Wildman–Crippen MR) is 87.5 cm³/mol. The summed E-state index contributed by atoms with van der Waals surface area (Å²) in [4.78, 5) is 31.9. The fourth-order valence-corrected chi connectivity index (χ4v) is 4.21. The molecule has 5 nitrogen and oxygen atoms in total. The number of amides is 1. The number of fused-ring (bicyclic) bond motifs is 2. The van der Waals surface area contributed by atoms with E-state index in [-0.39, 0.29) is 17.0 Å². The molecule has 0 bridgehead atoms. The molecule has 4 rings (SSSR count). The van der Waals surface area contributed by atoms with Gasteiger partial charge in [-0.1, -0.05) is 18.9 Å². The number of aromatic nitrogens is 2. The molecule has 1 saturated heterocycles. The van der Waals surface area contributed by atoms with Gasteiger partial charge in [0.1, 0.15) is 11.2 Å². The number of nitrogens with zero attached hydrogens (tertiary/aromatic N) is 3.